The molecular weight excluding hydrogens is 546 g/mol. The first-order valence-electron chi connectivity index (χ1n) is 14.9. The maximum Gasteiger partial charge on any atom is 0.253 e. The summed E-state index contributed by atoms with van der Waals surface area (Å²) in [4.78, 5) is 51.1. The van der Waals surface area contributed by atoms with Crippen LogP contribution in [-0.2, 0) is 16.1 Å². The molecule has 0 spiro atoms. The van der Waals surface area contributed by atoms with Crippen molar-refractivity contribution in [2.75, 3.05) is 39.3 Å². The summed E-state index contributed by atoms with van der Waals surface area (Å²) < 4.78 is 7.97. The first-order valence-corrected chi connectivity index (χ1v) is 14.9. The standard InChI is InChI=1S/C32H37N7O4/c1-21-15-22(2)39(36-21)12-9-30(40)37-11-4-10-33-31(41)27-19-38(32(42)24-7-8-28-29(17-24)35-20-34-28)18-26(27)23-5-3-6-25(16-23)43-14-13-37/h3,5-8,15-17,20,26-27H,4,9-14,18-19H2,1-2H3,(H,33,41)(H,34,35)/t26-,27+/m1/s1. The molecule has 11 nitrogen and oxygen atoms in total. The molecule has 1 saturated heterocycles. The van der Waals surface area contributed by atoms with Crippen LogP contribution in [0.1, 0.15) is 46.1 Å². The smallest absolute Gasteiger partial charge is 0.253 e. The third-order valence-electron chi connectivity index (χ3n) is 8.42. The van der Waals surface area contributed by atoms with Crippen molar-refractivity contribution in [1.29, 1.82) is 0 Å². The molecule has 11 heteroatoms. The van der Waals surface area contributed by atoms with Crippen molar-refractivity contribution in [3.8, 4) is 5.75 Å². The quantitative estimate of drug-likeness (QED) is 0.381. The van der Waals surface area contributed by atoms with E-state index in [1.165, 1.54) is 0 Å². The molecule has 0 unspecified atom stereocenters. The summed E-state index contributed by atoms with van der Waals surface area (Å²) >= 11 is 0. The summed E-state index contributed by atoms with van der Waals surface area (Å²) in [5.74, 6) is -0.0675. The molecule has 0 saturated carbocycles. The third kappa shape index (κ3) is 6.25. The minimum Gasteiger partial charge on any atom is -0.492 e. The highest BCUT2D eigenvalue weighted by atomic mass is 16.5. The number of fused-ring (bicyclic) bond motifs is 5. The molecule has 2 N–H and O–H groups in total. The topological polar surface area (TPSA) is 125 Å². The van der Waals surface area contributed by atoms with Gasteiger partial charge in [0, 0.05) is 56.3 Å². The first-order chi connectivity index (χ1) is 20.9. The van der Waals surface area contributed by atoms with E-state index in [9.17, 15) is 14.4 Å². The van der Waals surface area contributed by atoms with E-state index in [1.54, 1.807) is 23.4 Å². The molecule has 0 radical (unpaired) electrons. The molecule has 43 heavy (non-hydrogen) atoms. The number of hydrogen-bond donors (Lipinski definition) is 2. The van der Waals surface area contributed by atoms with Crippen LogP contribution in [-0.4, -0.2) is 86.6 Å². The Labute approximate surface area is 250 Å². The fourth-order valence-electron chi connectivity index (χ4n) is 6.17. The van der Waals surface area contributed by atoms with Crippen LogP contribution in [0.2, 0.25) is 0 Å². The van der Waals surface area contributed by atoms with Gasteiger partial charge in [-0.1, -0.05) is 12.1 Å². The Morgan fingerprint density at radius 2 is 1.88 bits per heavy atom. The minimum absolute atomic E-state index is 0.0293. The van der Waals surface area contributed by atoms with Gasteiger partial charge in [0.05, 0.1) is 35.5 Å². The van der Waals surface area contributed by atoms with Crippen LogP contribution in [0, 0.1) is 19.8 Å². The maximum absolute atomic E-state index is 13.6. The predicted molar refractivity (Wildman–Crippen MR) is 161 cm³/mol. The predicted octanol–water partition coefficient (Wildman–Crippen LogP) is 3.05. The van der Waals surface area contributed by atoms with Crippen molar-refractivity contribution in [2.24, 2.45) is 5.92 Å². The zero-order chi connectivity index (χ0) is 29.9. The van der Waals surface area contributed by atoms with E-state index in [0.717, 1.165) is 28.0 Å². The number of imidazole rings is 1. The van der Waals surface area contributed by atoms with Crippen LogP contribution in [0.15, 0.2) is 54.9 Å². The van der Waals surface area contributed by atoms with Crippen molar-refractivity contribution < 1.29 is 19.1 Å². The Kier molecular flexibility index (Phi) is 8.13. The van der Waals surface area contributed by atoms with Gasteiger partial charge in [-0.25, -0.2) is 4.98 Å². The number of rotatable bonds is 4. The number of nitrogens with zero attached hydrogens (tertiary/aromatic N) is 5. The van der Waals surface area contributed by atoms with E-state index in [2.05, 4.69) is 20.4 Å². The molecule has 2 aliphatic rings. The Hall–Kier alpha value is -4.67. The summed E-state index contributed by atoms with van der Waals surface area (Å²) in [7, 11) is 0. The highest BCUT2D eigenvalue weighted by Gasteiger charge is 2.40. The number of ether oxygens (including phenoxy) is 1. The van der Waals surface area contributed by atoms with E-state index in [4.69, 9.17) is 4.74 Å². The Morgan fingerprint density at radius 3 is 2.72 bits per heavy atom. The Bertz CT molecular complexity index is 1640. The zero-order valence-corrected chi connectivity index (χ0v) is 24.6. The largest absolute Gasteiger partial charge is 0.492 e. The minimum atomic E-state index is -0.406. The molecular formula is C32H37N7O4. The summed E-state index contributed by atoms with van der Waals surface area (Å²) in [6.45, 7) is 6.95. The monoisotopic (exact) mass is 583 g/mol. The molecule has 1 fully saturated rings. The van der Waals surface area contributed by atoms with Gasteiger partial charge < -0.3 is 24.8 Å². The average Bonchev–Trinajstić information content (AvgIpc) is 3.74. The highest BCUT2D eigenvalue weighted by molar-refractivity contribution is 5.98. The number of hydrogen-bond acceptors (Lipinski definition) is 6. The second kappa shape index (κ2) is 12.3. The molecule has 3 amide bonds. The van der Waals surface area contributed by atoms with Gasteiger partial charge in [0.2, 0.25) is 11.8 Å². The number of aryl methyl sites for hydroxylation is 3. The number of amides is 3. The molecule has 2 aromatic heterocycles. The normalized spacial score (nSPS) is 19.4. The highest BCUT2D eigenvalue weighted by Crippen LogP contribution is 2.35. The lowest BCUT2D eigenvalue weighted by Crippen LogP contribution is -2.39. The number of aromatic amines is 1. The lowest BCUT2D eigenvalue weighted by Gasteiger charge is -2.25. The molecule has 2 aromatic carbocycles. The van der Waals surface area contributed by atoms with Gasteiger partial charge in [-0.05, 0) is 62.2 Å². The van der Waals surface area contributed by atoms with Crippen LogP contribution in [0.4, 0.5) is 0 Å². The van der Waals surface area contributed by atoms with E-state index >= 15 is 0 Å². The summed E-state index contributed by atoms with van der Waals surface area (Å²) in [6, 6.07) is 15.2. The summed E-state index contributed by atoms with van der Waals surface area (Å²) in [5.41, 5.74) is 5.06. The van der Waals surface area contributed by atoms with Crippen LogP contribution in [0.25, 0.3) is 11.0 Å². The number of benzene rings is 2. The van der Waals surface area contributed by atoms with Gasteiger partial charge in [-0.3, -0.25) is 19.1 Å². The van der Waals surface area contributed by atoms with E-state index in [0.29, 0.717) is 70.0 Å². The van der Waals surface area contributed by atoms with Crippen molar-refractivity contribution in [3.63, 3.8) is 0 Å². The number of H-pyrrole nitrogens is 1. The SMILES string of the molecule is Cc1cc(C)n(CCC(=O)N2CCCNC(=O)[C@H]3CN(C(=O)c4ccc5nc[nH]c5c4)C[C@@H]3c3cccc(c3)OCC2)n1. The van der Waals surface area contributed by atoms with Crippen molar-refractivity contribution >= 4 is 28.8 Å². The van der Waals surface area contributed by atoms with Crippen LogP contribution < -0.4 is 10.1 Å². The van der Waals surface area contributed by atoms with Gasteiger partial charge in [-0.2, -0.15) is 5.10 Å². The maximum atomic E-state index is 13.6. The zero-order valence-electron chi connectivity index (χ0n) is 24.6. The van der Waals surface area contributed by atoms with Gasteiger partial charge in [0.1, 0.15) is 12.4 Å². The number of nitrogens with one attached hydrogen (secondary N) is 2. The molecule has 6 rings (SSSR count). The fraction of sp³-hybridized carbons (Fsp3) is 0.406. The molecule has 4 heterocycles. The third-order valence-corrected chi connectivity index (χ3v) is 8.42. The van der Waals surface area contributed by atoms with Gasteiger partial charge >= 0.3 is 0 Å². The van der Waals surface area contributed by atoms with Crippen molar-refractivity contribution in [1.82, 2.24) is 34.9 Å². The molecule has 2 atom stereocenters. The van der Waals surface area contributed by atoms with Crippen molar-refractivity contribution in [3.05, 3.63) is 77.4 Å². The number of aromatic nitrogens is 4. The molecule has 2 bridgehead atoms. The van der Waals surface area contributed by atoms with E-state index < -0.39 is 5.92 Å². The second-order valence-corrected chi connectivity index (χ2v) is 11.4. The molecule has 0 aliphatic carbocycles. The van der Waals surface area contributed by atoms with E-state index in [1.807, 2.05) is 59.8 Å². The van der Waals surface area contributed by atoms with Gasteiger partial charge in [0.25, 0.3) is 5.91 Å². The number of likely N-dealkylation sites (tertiary alicyclic amines) is 1. The van der Waals surface area contributed by atoms with Gasteiger partial charge in [-0.15, -0.1) is 0 Å². The van der Waals surface area contributed by atoms with Crippen LogP contribution in [0.3, 0.4) is 0 Å². The number of carbonyl (C=O) groups excluding carboxylic acids is 3. The lowest BCUT2D eigenvalue weighted by atomic mass is 9.88. The lowest BCUT2D eigenvalue weighted by molar-refractivity contribution is -0.132. The Balaban J connectivity index is 1.16. The number of carbonyl (C=O) groups is 3. The average molecular weight is 584 g/mol. The summed E-state index contributed by atoms with van der Waals surface area (Å²) in [6.07, 6.45) is 2.56. The Morgan fingerprint density at radius 1 is 1.02 bits per heavy atom. The van der Waals surface area contributed by atoms with Gasteiger partial charge in [0.15, 0.2) is 0 Å². The molecule has 4 aromatic rings. The van der Waals surface area contributed by atoms with Crippen LogP contribution >= 0.6 is 0 Å². The summed E-state index contributed by atoms with van der Waals surface area (Å²) in [5, 5.41) is 7.56. The van der Waals surface area contributed by atoms with Crippen molar-refractivity contribution in [2.45, 2.75) is 39.2 Å². The van der Waals surface area contributed by atoms with Crippen LogP contribution in [0.5, 0.6) is 5.75 Å². The fourth-order valence-corrected chi connectivity index (χ4v) is 6.17. The molecule has 224 valence electrons. The van der Waals surface area contributed by atoms with E-state index in [-0.39, 0.29) is 23.6 Å². The first kappa shape index (κ1) is 28.4. The molecule has 2 aliphatic heterocycles. The second-order valence-electron chi connectivity index (χ2n) is 11.4.